The van der Waals surface area contributed by atoms with Gasteiger partial charge in [0, 0.05) is 12.0 Å². The Kier molecular flexibility index (Phi) is 8.42. The minimum Gasteiger partial charge on any atom is -0.496 e. The molecule has 0 saturated carbocycles. The van der Waals surface area contributed by atoms with E-state index in [1.54, 1.807) is 7.11 Å². The number of piperidine rings is 1. The van der Waals surface area contributed by atoms with E-state index < -0.39 is 0 Å². The Bertz CT molecular complexity index is 488. The van der Waals surface area contributed by atoms with Crippen LogP contribution in [0, 0.1) is 11.8 Å². The first-order valence-corrected chi connectivity index (χ1v) is 8.24. The van der Waals surface area contributed by atoms with Crippen LogP contribution in [0.2, 0.25) is 0 Å². The lowest BCUT2D eigenvalue weighted by atomic mass is 9.93. The summed E-state index contributed by atoms with van der Waals surface area (Å²) >= 11 is 0. The zero-order chi connectivity index (χ0) is 15.9. The maximum Gasteiger partial charge on any atom is 0.223 e. The van der Waals surface area contributed by atoms with E-state index in [0.29, 0.717) is 5.92 Å². The van der Waals surface area contributed by atoms with Crippen molar-refractivity contribution >= 4 is 18.3 Å². The Morgan fingerprint density at radius 2 is 1.96 bits per heavy atom. The van der Waals surface area contributed by atoms with Gasteiger partial charge in [-0.05, 0) is 49.9 Å². The zero-order valence-electron chi connectivity index (χ0n) is 14.3. The van der Waals surface area contributed by atoms with Gasteiger partial charge in [0.15, 0.2) is 0 Å². The summed E-state index contributed by atoms with van der Waals surface area (Å²) in [6.07, 6.45) is 2.68. The fourth-order valence-corrected chi connectivity index (χ4v) is 2.95. The van der Waals surface area contributed by atoms with Crippen LogP contribution >= 0.6 is 12.4 Å². The number of hydrogen-bond acceptors (Lipinski definition) is 3. The highest BCUT2D eigenvalue weighted by Gasteiger charge is 2.25. The standard InChI is InChI=1S/C18H28N2O2.ClH/c1-13(2)16(12-15-6-4-5-7-17(15)22-3)20-18(21)14-8-10-19-11-9-14;/h4-7,13-14,16,19H,8-12H2,1-3H3,(H,20,21);1H. The number of benzene rings is 1. The molecule has 0 aromatic heterocycles. The molecular weight excluding hydrogens is 312 g/mol. The van der Waals surface area contributed by atoms with E-state index in [1.807, 2.05) is 18.2 Å². The molecule has 1 heterocycles. The van der Waals surface area contributed by atoms with Crippen molar-refractivity contribution in [3.8, 4) is 5.75 Å². The monoisotopic (exact) mass is 340 g/mol. The summed E-state index contributed by atoms with van der Waals surface area (Å²) in [5.41, 5.74) is 1.15. The molecule has 0 bridgehead atoms. The van der Waals surface area contributed by atoms with Gasteiger partial charge in [-0.15, -0.1) is 12.4 Å². The Morgan fingerprint density at radius 3 is 2.57 bits per heavy atom. The molecule has 1 amide bonds. The third-order valence-corrected chi connectivity index (χ3v) is 4.47. The molecule has 1 aliphatic heterocycles. The normalized spacial score (nSPS) is 16.5. The molecule has 4 nitrogen and oxygen atoms in total. The molecule has 2 rings (SSSR count). The molecule has 0 spiro atoms. The molecule has 1 aromatic rings. The number of carbonyl (C=O) groups is 1. The summed E-state index contributed by atoms with van der Waals surface area (Å²) in [6, 6.07) is 8.18. The minimum absolute atomic E-state index is 0. The van der Waals surface area contributed by atoms with Crippen LogP contribution < -0.4 is 15.4 Å². The van der Waals surface area contributed by atoms with Gasteiger partial charge in [-0.1, -0.05) is 32.0 Å². The molecule has 1 unspecified atom stereocenters. The van der Waals surface area contributed by atoms with Crippen molar-refractivity contribution in [1.29, 1.82) is 0 Å². The molecule has 23 heavy (non-hydrogen) atoms. The Morgan fingerprint density at radius 1 is 1.30 bits per heavy atom. The second kappa shape index (κ2) is 9.78. The maximum absolute atomic E-state index is 12.5. The zero-order valence-corrected chi connectivity index (χ0v) is 15.1. The van der Waals surface area contributed by atoms with Crippen LogP contribution in [0.5, 0.6) is 5.75 Å². The third kappa shape index (κ3) is 5.70. The summed E-state index contributed by atoms with van der Waals surface area (Å²) in [7, 11) is 1.69. The Labute approximate surface area is 145 Å². The number of rotatable bonds is 6. The van der Waals surface area contributed by atoms with Crippen LogP contribution in [-0.4, -0.2) is 32.1 Å². The van der Waals surface area contributed by atoms with E-state index in [4.69, 9.17) is 4.74 Å². The second-order valence-electron chi connectivity index (χ2n) is 6.40. The van der Waals surface area contributed by atoms with Crippen molar-refractivity contribution in [2.24, 2.45) is 11.8 Å². The molecule has 0 aliphatic carbocycles. The van der Waals surface area contributed by atoms with Gasteiger partial charge < -0.3 is 15.4 Å². The molecule has 1 saturated heterocycles. The van der Waals surface area contributed by atoms with E-state index >= 15 is 0 Å². The highest BCUT2D eigenvalue weighted by molar-refractivity contribution is 5.85. The lowest BCUT2D eigenvalue weighted by molar-refractivity contribution is -0.126. The van der Waals surface area contributed by atoms with Gasteiger partial charge in [0.05, 0.1) is 7.11 Å². The van der Waals surface area contributed by atoms with Gasteiger partial charge in [0.1, 0.15) is 5.75 Å². The van der Waals surface area contributed by atoms with Crippen LogP contribution in [0.4, 0.5) is 0 Å². The van der Waals surface area contributed by atoms with Gasteiger partial charge in [0.2, 0.25) is 5.91 Å². The topological polar surface area (TPSA) is 50.4 Å². The average molecular weight is 341 g/mol. The van der Waals surface area contributed by atoms with Crippen molar-refractivity contribution in [1.82, 2.24) is 10.6 Å². The first-order chi connectivity index (χ1) is 10.6. The SMILES string of the molecule is COc1ccccc1CC(NC(=O)C1CCNCC1)C(C)C.Cl. The predicted molar refractivity (Wildman–Crippen MR) is 96.3 cm³/mol. The highest BCUT2D eigenvalue weighted by Crippen LogP contribution is 2.22. The smallest absolute Gasteiger partial charge is 0.223 e. The summed E-state index contributed by atoms with van der Waals surface area (Å²) in [5, 5.41) is 6.57. The number of ether oxygens (including phenoxy) is 1. The molecule has 1 aromatic carbocycles. The number of nitrogens with one attached hydrogen (secondary N) is 2. The number of halogens is 1. The number of hydrogen-bond donors (Lipinski definition) is 2. The first kappa shape index (κ1) is 19.8. The van der Waals surface area contributed by atoms with Crippen molar-refractivity contribution < 1.29 is 9.53 Å². The van der Waals surface area contributed by atoms with Crippen LogP contribution in [-0.2, 0) is 11.2 Å². The summed E-state index contributed by atoms with van der Waals surface area (Å²) in [6.45, 7) is 6.19. The molecule has 130 valence electrons. The number of para-hydroxylation sites is 1. The van der Waals surface area contributed by atoms with E-state index in [2.05, 4.69) is 30.5 Å². The van der Waals surface area contributed by atoms with Crippen LogP contribution in [0.1, 0.15) is 32.3 Å². The van der Waals surface area contributed by atoms with Gasteiger partial charge in [-0.3, -0.25) is 4.79 Å². The van der Waals surface area contributed by atoms with E-state index in [1.165, 1.54) is 0 Å². The minimum atomic E-state index is 0. The molecule has 1 atom stereocenters. The highest BCUT2D eigenvalue weighted by atomic mass is 35.5. The third-order valence-electron chi connectivity index (χ3n) is 4.47. The summed E-state index contributed by atoms with van der Waals surface area (Å²) in [4.78, 5) is 12.5. The molecule has 0 radical (unpaired) electrons. The molecule has 2 N–H and O–H groups in total. The van der Waals surface area contributed by atoms with E-state index in [-0.39, 0.29) is 30.3 Å². The van der Waals surface area contributed by atoms with Crippen LogP contribution in [0.3, 0.4) is 0 Å². The van der Waals surface area contributed by atoms with Gasteiger partial charge in [0.25, 0.3) is 0 Å². The molecule has 1 fully saturated rings. The quantitative estimate of drug-likeness (QED) is 0.837. The van der Waals surface area contributed by atoms with Crippen molar-refractivity contribution in [2.75, 3.05) is 20.2 Å². The lowest BCUT2D eigenvalue weighted by Crippen LogP contribution is -2.45. The fourth-order valence-electron chi connectivity index (χ4n) is 2.95. The fraction of sp³-hybridized carbons (Fsp3) is 0.611. The largest absolute Gasteiger partial charge is 0.496 e. The molecule has 1 aliphatic rings. The van der Waals surface area contributed by atoms with Crippen molar-refractivity contribution in [3.63, 3.8) is 0 Å². The van der Waals surface area contributed by atoms with Crippen LogP contribution in [0.15, 0.2) is 24.3 Å². The van der Waals surface area contributed by atoms with Crippen LogP contribution in [0.25, 0.3) is 0 Å². The Hall–Kier alpha value is -1.26. The lowest BCUT2D eigenvalue weighted by Gasteiger charge is -2.28. The predicted octanol–water partition coefficient (Wildman–Crippen LogP) is 2.80. The average Bonchev–Trinajstić information content (AvgIpc) is 2.55. The number of carbonyl (C=O) groups excluding carboxylic acids is 1. The Balaban J connectivity index is 0.00000264. The van der Waals surface area contributed by atoms with Gasteiger partial charge >= 0.3 is 0 Å². The number of methoxy groups -OCH3 is 1. The molecule has 5 heteroatoms. The second-order valence-corrected chi connectivity index (χ2v) is 6.40. The van der Waals surface area contributed by atoms with Gasteiger partial charge in [-0.2, -0.15) is 0 Å². The van der Waals surface area contributed by atoms with Crippen molar-refractivity contribution in [2.45, 2.75) is 39.2 Å². The summed E-state index contributed by atoms with van der Waals surface area (Å²) in [5.74, 6) is 1.63. The molecular formula is C18H29ClN2O2. The maximum atomic E-state index is 12.5. The summed E-state index contributed by atoms with van der Waals surface area (Å²) < 4.78 is 5.43. The van der Waals surface area contributed by atoms with Crippen molar-refractivity contribution in [3.05, 3.63) is 29.8 Å². The van der Waals surface area contributed by atoms with E-state index in [9.17, 15) is 4.79 Å². The number of amides is 1. The van der Waals surface area contributed by atoms with E-state index in [0.717, 1.165) is 43.7 Å². The van der Waals surface area contributed by atoms with Gasteiger partial charge in [-0.25, -0.2) is 0 Å². The first-order valence-electron chi connectivity index (χ1n) is 8.24.